The third-order valence-electron chi connectivity index (χ3n) is 2.39. The summed E-state index contributed by atoms with van der Waals surface area (Å²) in [5.41, 5.74) is 0.709. The summed E-state index contributed by atoms with van der Waals surface area (Å²) in [6.45, 7) is 0. The Bertz CT molecular complexity index is 652. The molecule has 0 radical (unpaired) electrons. The molecule has 0 fully saturated rings. The smallest absolute Gasteiger partial charge is 0.339 e. The lowest BCUT2D eigenvalue weighted by atomic mass is 10.2. The van der Waals surface area contributed by atoms with Crippen LogP contribution in [0.25, 0.3) is 0 Å². The first-order chi connectivity index (χ1) is 9.10. The zero-order valence-corrected chi connectivity index (χ0v) is 10.8. The van der Waals surface area contributed by atoms with E-state index in [0.29, 0.717) is 11.4 Å². The molecule has 0 aliphatic heterocycles. The molecule has 0 unspecified atom stereocenters. The van der Waals surface area contributed by atoms with E-state index in [2.05, 4.69) is 15.5 Å². The second-order valence-electron chi connectivity index (χ2n) is 3.65. The van der Waals surface area contributed by atoms with Gasteiger partial charge in [-0.2, -0.15) is 5.10 Å². The zero-order valence-electron chi connectivity index (χ0n) is 10.0. The Morgan fingerprint density at radius 3 is 2.68 bits per heavy atom. The molecule has 0 amide bonds. The minimum absolute atomic E-state index is 0.0135. The van der Waals surface area contributed by atoms with Crippen LogP contribution in [0.1, 0.15) is 10.4 Å². The van der Waals surface area contributed by atoms with Gasteiger partial charge in [0.25, 0.3) is 0 Å². The van der Waals surface area contributed by atoms with Crippen molar-refractivity contribution in [3.63, 3.8) is 0 Å². The SMILES string of the molecule is COc1ccc(Nc2n[nH]c(=S)cc2C(=O)O)cc1. The van der Waals surface area contributed by atoms with Gasteiger partial charge in [0.05, 0.1) is 7.11 Å². The Morgan fingerprint density at radius 1 is 1.42 bits per heavy atom. The Morgan fingerprint density at radius 2 is 2.11 bits per heavy atom. The summed E-state index contributed by atoms with van der Waals surface area (Å²) in [5, 5.41) is 18.4. The number of carboxylic acids is 1. The van der Waals surface area contributed by atoms with Crippen molar-refractivity contribution >= 4 is 29.7 Å². The van der Waals surface area contributed by atoms with Crippen LogP contribution in [0.15, 0.2) is 30.3 Å². The molecule has 7 heteroatoms. The van der Waals surface area contributed by atoms with E-state index in [1.165, 1.54) is 6.07 Å². The molecular weight excluding hydrogens is 266 g/mol. The first-order valence-corrected chi connectivity index (χ1v) is 5.75. The minimum atomic E-state index is -1.09. The zero-order chi connectivity index (χ0) is 13.8. The van der Waals surface area contributed by atoms with Crippen LogP contribution in [0.5, 0.6) is 5.75 Å². The molecule has 0 spiro atoms. The van der Waals surface area contributed by atoms with E-state index < -0.39 is 5.97 Å². The summed E-state index contributed by atoms with van der Waals surface area (Å²) in [5.74, 6) is -0.181. The summed E-state index contributed by atoms with van der Waals surface area (Å²) in [6, 6.07) is 8.37. The first kappa shape index (κ1) is 13.0. The molecule has 6 nitrogen and oxygen atoms in total. The highest BCUT2D eigenvalue weighted by Gasteiger charge is 2.11. The van der Waals surface area contributed by atoms with E-state index in [1.54, 1.807) is 31.4 Å². The predicted molar refractivity (Wildman–Crippen MR) is 72.7 cm³/mol. The van der Waals surface area contributed by atoms with Crippen molar-refractivity contribution in [1.82, 2.24) is 10.2 Å². The lowest BCUT2D eigenvalue weighted by molar-refractivity contribution is 0.0697. The van der Waals surface area contributed by atoms with Crippen molar-refractivity contribution in [2.75, 3.05) is 12.4 Å². The van der Waals surface area contributed by atoms with E-state index in [0.717, 1.165) is 0 Å². The van der Waals surface area contributed by atoms with Gasteiger partial charge >= 0.3 is 5.97 Å². The lowest BCUT2D eigenvalue weighted by Gasteiger charge is -2.08. The molecule has 0 aliphatic rings. The number of aromatic amines is 1. The lowest BCUT2D eigenvalue weighted by Crippen LogP contribution is -2.06. The fraction of sp³-hybridized carbons (Fsp3) is 0.0833. The van der Waals surface area contributed by atoms with Gasteiger partial charge < -0.3 is 15.2 Å². The monoisotopic (exact) mass is 277 g/mol. The average Bonchev–Trinajstić information content (AvgIpc) is 2.41. The molecule has 1 aromatic heterocycles. The molecule has 0 saturated heterocycles. The van der Waals surface area contributed by atoms with Crippen LogP contribution in [0.4, 0.5) is 11.5 Å². The van der Waals surface area contributed by atoms with Crippen LogP contribution in [0.3, 0.4) is 0 Å². The molecule has 98 valence electrons. The maximum Gasteiger partial charge on any atom is 0.339 e. The number of carboxylic acid groups (broad SMARTS) is 1. The number of benzene rings is 1. The van der Waals surface area contributed by atoms with Gasteiger partial charge in [-0.15, -0.1) is 0 Å². The van der Waals surface area contributed by atoms with Crippen molar-refractivity contribution in [2.24, 2.45) is 0 Å². The van der Waals surface area contributed by atoms with Crippen LogP contribution in [-0.4, -0.2) is 28.4 Å². The summed E-state index contributed by atoms with van der Waals surface area (Å²) >= 11 is 4.85. The fourth-order valence-corrected chi connectivity index (χ4v) is 1.64. The second kappa shape index (κ2) is 5.49. The predicted octanol–water partition coefficient (Wildman–Crippen LogP) is 2.59. The van der Waals surface area contributed by atoms with Gasteiger partial charge in [-0.3, -0.25) is 5.10 Å². The maximum atomic E-state index is 11.1. The molecule has 0 aliphatic carbocycles. The van der Waals surface area contributed by atoms with E-state index in [-0.39, 0.29) is 16.0 Å². The average molecular weight is 277 g/mol. The van der Waals surface area contributed by atoms with E-state index in [4.69, 9.17) is 22.1 Å². The number of hydrogen-bond acceptors (Lipinski definition) is 5. The van der Waals surface area contributed by atoms with Crippen molar-refractivity contribution < 1.29 is 14.6 Å². The summed E-state index contributed by atoms with van der Waals surface area (Å²) in [4.78, 5) is 11.1. The van der Waals surface area contributed by atoms with Gasteiger partial charge in [0, 0.05) is 5.69 Å². The largest absolute Gasteiger partial charge is 0.497 e. The molecule has 2 aromatic rings. The van der Waals surface area contributed by atoms with Gasteiger partial charge in [0.15, 0.2) is 5.82 Å². The fourth-order valence-electron chi connectivity index (χ4n) is 1.47. The number of ether oxygens (including phenoxy) is 1. The van der Waals surface area contributed by atoms with E-state index in [9.17, 15) is 4.79 Å². The molecule has 3 N–H and O–H groups in total. The Labute approximate surface area is 114 Å². The molecule has 19 heavy (non-hydrogen) atoms. The summed E-state index contributed by atoms with van der Waals surface area (Å²) in [6.07, 6.45) is 0. The number of nitrogens with zero attached hydrogens (tertiary/aromatic N) is 1. The van der Waals surface area contributed by atoms with Crippen LogP contribution in [0.2, 0.25) is 0 Å². The van der Waals surface area contributed by atoms with Crippen LogP contribution < -0.4 is 10.1 Å². The molecule has 2 rings (SSSR count). The molecule has 0 saturated carbocycles. The quantitative estimate of drug-likeness (QED) is 0.745. The number of aromatic carboxylic acids is 1. The highest BCUT2D eigenvalue weighted by atomic mass is 32.1. The van der Waals surface area contributed by atoms with Crippen LogP contribution in [0, 0.1) is 4.64 Å². The van der Waals surface area contributed by atoms with E-state index in [1.807, 2.05) is 0 Å². The van der Waals surface area contributed by atoms with Crippen LogP contribution >= 0.6 is 12.2 Å². The number of hydrogen-bond donors (Lipinski definition) is 3. The van der Waals surface area contributed by atoms with E-state index >= 15 is 0 Å². The number of nitrogens with one attached hydrogen (secondary N) is 2. The maximum absolute atomic E-state index is 11.1. The van der Waals surface area contributed by atoms with Crippen molar-refractivity contribution in [3.8, 4) is 5.75 Å². The number of H-pyrrole nitrogens is 1. The van der Waals surface area contributed by atoms with Gasteiger partial charge in [-0.25, -0.2) is 4.79 Å². The topological polar surface area (TPSA) is 87.2 Å². The van der Waals surface area contributed by atoms with Crippen molar-refractivity contribution in [3.05, 3.63) is 40.5 Å². The summed E-state index contributed by atoms with van der Waals surface area (Å²) in [7, 11) is 1.57. The Kier molecular flexibility index (Phi) is 3.76. The Balaban J connectivity index is 2.32. The number of aromatic nitrogens is 2. The highest BCUT2D eigenvalue weighted by molar-refractivity contribution is 7.71. The van der Waals surface area contributed by atoms with Crippen molar-refractivity contribution in [1.29, 1.82) is 0 Å². The second-order valence-corrected chi connectivity index (χ2v) is 4.09. The molecular formula is C12H11N3O3S. The third-order valence-corrected chi connectivity index (χ3v) is 2.60. The normalized spacial score (nSPS) is 9.95. The minimum Gasteiger partial charge on any atom is -0.497 e. The standard InChI is InChI=1S/C12H11N3O3S/c1-18-8-4-2-7(3-5-8)13-11-9(12(16)17)6-10(19)14-15-11/h2-6H,1H3,(H,13,15)(H,14,19)(H,16,17). The number of anilines is 2. The molecule has 0 bridgehead atoms. The van der Waals surface area contributed by atoms with Gasteiger partial charge in [0.1, 0.15) is 16.0 Å². The van der Waals surface area contributed by atoms with Crippen LogP contribution in [-0.2, 0) is 0 Å². The molecule has 1 aromatic carbocycles. The van der Waals surface area contributed by atoms with Gasteiger partial charge in [-0.1, -0.05) is 12.2 Å². The number of methoxy groups -OCH3 is 1. The number of carbonyl (C=O) groups is 1. The Hall–Kier alpha value is -2.41. The molecule has 1 heterocycles. The highest BCUT2D eigenvalue weighted by Crippen LogP contribution is 2.20. The third kappa shape index (κ3) is 3.08. The number of rotatable bonds is 4. The first-order valence-electron chi connectivity index (χ1n) is 5.34. The molecule has 0 atom stereocenters. The van der Waals surface area contributed by atoms with Crippen molar-refractivity contribution in [2.45, 2.75) is 0 Å². The van der Waals surface area contributed by atoms with Gasteiger partial charge in [-0.05, 0) is 30.3 Å². The summed E-state index contributed by atoms with van der Waals surface area (Å²) < 4.78 is 5.30. The van der Waals surface area contributed by atoms with Gasteiger partial charge in [0.2, 0.25) is 0 Å².